The number of nitrogens with one attached hydrogen (secondary N) is 1. The van der Waals surface area contributed by atoms with Crippen molar-refractivity contribution in [3.8, 4) is 0 Å². The lowest BCUT2D eigenvalue weighted by Crippen LogP contribution is -2.59. The second kappa shape index (κ2) is 7.30. The molecule has 0 bridgehead atoms. The fraction of sp³-hybridized carbons (Fsp3) is 0.889. The molecule has 0 spiro atoms. The maximum atomic E-state index is 13.2. The summed E-state index contributed by atoms with van der Waals surface area (Å²) in [6.45, 7) is 11.3. The Bertz CT molecular complexity index is 474. The van der Waals surface area contributed by atoms with E-state index in [0.29, 0.717) is 19.7 Å². The molecule has 1 N–H and O–H groups in total. The lowest BCUT2D eigenvalue weighted by atomic mass is 9.70. The highest BCUT2D eigenvalue weighted by molar-refractivity contribution is 5.84. The molecule has 2 fully saturated rings. The Hall–Kier alpha value is -1.30. The molecule has 1 saturated heterocycles. The summed E-state index contributed by atoms with van der Waals surface area (Å²) in [7, 11) is 0. The van der Waals surface area contributed by atoms with Gasteiger partial charge in [0, 0.05) is 19.1 Å². The van der Waals surface area contributed by atoms with Gasteiger partial charge in [-0.15, -0.1) is 0 Å². The van der Waals surface area contributed by atoms with E-state index in [0.717, 1.165) is 25.7 Å². The van der Waals surface area contributed by atoms with E-state index in [2.05, 4.69) is 5.32 Å². The summed E-state index contributed by atoms with van der Waals surface area (Å²) in [5.74, 6) is 0.124. The van der Waals surface area contributed by atoms with Crippen LogP contribution in [0.1, 0.15) is 60.3 Å². The molecule has 1 heterocycles. The minimum Gasteiger partial charge on any atom is -0.444 e. The molecule has 6 heteroatoms. The summed E-state index contributed by atoms with van der Waals surface area (Å²) in [6, 6.07) is -0.188. The molecule has 138 valence electrons. The van der Waals surface area contributed by atoms with Crippen LogP contribution in [0.2, 0.25) is 0 Å². The third-order valence-electron chi connectivity index (χ3n) is 4.92. The van der Waals surface area contributed by atoms with Gasteiger partial charge in [0.05, 0.1) is 18.1 Å². The molecular formula is C18H32N2O4. The molecule has 0 aromatic heterocycles. The maximum Gasteiger partial charge on any atom is 0.407 e. The minimum absolute atomic E-state index is 0.0622. The average molecular weight is 340 g/mol. The van der Waals surface area contributed by atoms with Gasteiger partial charge in [-0.25, -0.2) is 4.79 Å². The molecule has 2 rings (SSSR count). The van der Waals surface area contributed by atoms with Crippen molar-refractivity contribution in [3.63, 3.8) is 0 Å². The van der Waals surface area contributed by atoms with Crippen LogP contribution in [-0.2, 0) is 14.3 Å². The number of nitrogens with zero attached hydrogens (tertiary/aromatic N) is 1. The Labute approximate surface area is 145 Å². The van der Waals surface area contributed by atoms with Crippen molar-refractivity contribution in [3.05, 3.63) is 0 Å². The van der Waals surface area contributed by atoms with Crippen molar-refractivity contribution in [1.29, 1.82) is 0 Å². The van der Waals surface area contributed by atoms with Gasteiger partial charge in [-0.3, -0.25) is 4.79 Å². The third kappa shape index (κ3) is 4.62. The first-order valence-electron chi connectivity index (χ1n) is 9.02. The molecule has 3 atom stereocenters. The van der Waals surface area contributed by atoms with E-state index in [1.165, 1.54) is 0 Å². The molecule has 0 radical (unpaired) electrons. The van der Waals surface area contributed by atoms with E-state index < -0.39 is 17.1 Å². The first-order valence-corrected chi connectivity index (χ1v) is 9.02. The fourth-order valence-electron chi connectivity index (χ4n) is 3.63. The number of hydrogen-bond acceptors (Lipinski definition) is 4. The van der Waals surface area contributed by atoms with Gasteiger partial charge >= 0.3 is 6.09 Å². The fourth-order valence-corrected chi connectivity index (χ4v) is 3.63. The maximum absolute atomic E-state index is 13.2. The van der Waals surface area contributed by atoms with E-state index in [1.807, 2.05) is 39.5 Å². The molecule has 1 aliphatic heterocycles. The van der Waals surface area contributed by atoms with Crippen molar-refractivity contribution in [1.82, 2.24) is 10.2 Å². The van der Waals surface area contributed by atoms with Crippen LogP contribution in [0.4, 0.5) is 4.79 Å². The summed E-state index contributed by atoms with van der Waals surface area (Å²) >= 11 is 0. The van der Waals surface area contributed by atoms with Gasteiger partial charge in [-0.2, -0.15) is 0 Å². The van der Waals surface area contributed by atoms with Gasteiger partial charge in [0.25, 0.3) is 0 Å². The largest absolute Gasteiger partial charge is 0.444 e. The number of morpholine rings is 1. The number of amides is 2. The first kappa shape index (κ1) is 19.0. The highest BCUT2D eigenvalue weighted by Crippen LogP contribution is 2.38. The van der Waals surface area contributed by atoms with Gasteiger partial charge in [0.15, 0.2) is 0 Å². The molecule has 6 nitrogen and oxygen atoms in total. The van der Waals surface area contributed by atoms with Crippen molar-refractivity contribution in [2.45, 2.75) is 78.0 Å². The summed E-state index contributed by atoms with van der Waals surface area (Å²) < 4.78 is 10.9. The summed E-state index contributed by atoms with van der Waals surface area (Å²) in [6.07, 6.45) is 3.24. The van der Waals surface area contributed by atoms with Crippen molar-refractivity contribution in [2.24, 2.45) is 5.41 Å². The number of alkyl carbamates (subject to hydrolysis) is 1. The molecular weight excluding hydrogens is 308 g/mol. The average Bonchev–Trinajstić information content (AvgIpc) is 2.47. The first-order chi connectivity index (χ1) is 11.1. The normalized spacial score (nSPS) is 31.5. The third-order valence-corrected chi connectivity index (χ3v) is 4.92. The van der Waals surface area contributed by atoms with Gasteiger partial charge in [0.2, 0.25) is 5.91 Å². The molecule has 1 aliphatic carbocycles. The molecule has 0 aromatic carbocycles. The van der Waals surface area contributed by atoms with E-state index >= 15 is 0 Å². The SMILES string of the molecule is C[C@@H]1CN(C(=O)[C@]2(C)CCCC[C@H]2NC(=O)OC(C)(C)C)CCO1. The Kier molecular flexibility index (Phi) is 5.78. The Morgan fingerprint density at radius 1 is 1.29 bits per heavy atom. The van der Waals surface area contributed by atoms with Crippen LogP contribution in [0.25, 0.3) is 0 Å². The van der Waals surface area contributed by atoms with Crippen molar-refractivity contribution < 1.29 is 19.1 Å². The smallest absolute Gasteiger partial charge is 0.407 e. The molecule has 2 amide bonds. The van der Waals surface area contributed by atoms with Crippen molar-refractivity contribution in [2.75, 3.05) is 19.7 Å². The van der Waals surface area contributed by atoms with Gasteiger partial charge in [-0.1, -0.05) is 12.8 Å². The topological polar surface area (TPSA) is 67.9 Å². The number of rotatable bonds is 2. The van der Waals surface area contributed by atoms with E-state index in [9.17, 15) is 9.59 Å². The predicted molar refractivity (Wildman–Crippen MR) is 91.7 cm³/mol. The zero-order valence-electron chi connectivity index (χ0n) is 15.7. The molecule has 2 aliphatic rings. The zero-order valence-corrected chi connectivity index (χ0v) is 15.7. The highest BCUT2D eigenvalue weighted by atomic mass is 16.6. The van der Waals surface area contributed by atoms with Gasteiger partial charge in [-0.05, 0) is 47.5 Å². The highest BCUT2D eigenvalue weighted by Gasteiger charge is 2.46. The summed E-state index contributed by atoms with van der Waals surface area (Å²) in [5.41, 5.74) is -1.12. The number of carbonyl (C=O) groups excluding carboxylic acids is 2. The van der Waals surface area contributed by atoms with E-state index in [-0.39, 0.29) is 18.1 Å². The lowest BCUT2D eigenvalue weighted by molar-refractivity contribution is -0.151. The van der Waals surface area contributed by atoms with Crippen LogP contribution in [-0.4, -0.2) is 54.3 Å². The predicted octanol–water partition coefficient (Wildman–Crippen LogP) is 2.71. The van der Waals surface area contributed by atoms with Crippen LogP contribution in [0.15, 0.2) is 0 Å². The summed E-state index contributed by atoms with van der Waals surface area (Å²) in [4.78, 5) is 27.3. The number of carbonyl (C=O) groups is 2. The van der Waals surface area contributed by atoms with E-state index in [1.54, 1.807) is 0 Å². The number of ether oxygens (including phenoxy) is 2. The second-order valence-corrected chi connectivity index (χ2v) is 8.29. The quantitative estimate of drug-likeness (QED) is 0.839. The van der Waals surface area contributed by atoms with Crippen LogP contribution in [0.5, 0.6) is 0 Å². The molecule has 24 heavy (non-hydrogen) atoms. The standard InChI is InChI=1S/C18H32N2O4/c1-13-12-20(10-11-23-13)15(21)18(5)9-7-6-8-14(18)19-16(22)24-17(2,3)4/h13-14H,6-12H2,1-5H3,(H,19,22)/t13-,14-,18-/m1/s1. The van der Waals surface area contributed by atoms with Crippen LogP contribution < -0.4 is 5.32 Å². The van der Waals surface area contributed by atoms with Crippen LogP contribution >= 0.6 is 0 Å². The zero-order chi connectivity index (χ0) is 18.0. The second-order valence-electron chi connectivity index (χ2n) is 8.29. The molecule has 0 unspecified atom stereocenters. The van der Waals surface area contributed by atoms with E-state index in [4.69, 9.17) is 9.47 Å². The lowest BCUT2D eigenvalue weighted by Gasteiger charge is -2.44. The molecule has 1 saturated carbocycles. The Morgan fingerprint density at radius 3 is 2.62 bits per heavy atom. The monoisotopic (exact) mass is 340 g/mol. The Balaban J connectivity index is 2.08. The summed E-state index contributed by atoms with van der Waals surface area (Å²) in [5, 5.41) is 2.96. The molecule has 0 aromatic rings. The van der Waals surface area contributed by atoms with Crippen LogP contribution in [0.3, 0.4) is 0 Å². The van der Waals surface area contributed by atoms with Crippen molar-refractivity contribution >= 4 is 12.0 Å². The number of hydrogen-bond donors (Lipinski definition) is 1. The minimum atomic E-state index is -0.577. The van der Waals surface area contributed by atoms with Gasteiger partial charge in [0.1, 0.15) is 5.60 Å². The van der Waals surface area contributed by atoms with Gasteiger partial charge < -0.3 is 19.7 Å². The van der Waals surface area contributed by atoms with Crippen LogP contribution in [0, 0.1) is 5.41 Å². The Morgan fingerprint density at radius 2 is 2.00 bits per heavy atom.